The van der Waals surface area contributed by atoms with Gasteiger partial charge in [-0.1, -0.05) is 74.0 Å². The van der Waals surface area contributed by atoms with Gasteiger partial charge in [-0.15, -0.1) is 0 Å². The van der Waals surface area contributed by atoms with Crippen LogP contribution in [0.2, 0.25) is 0 Å². The van der Waals surface area contributed by atoms with Crippen molar-refractivity contribution >= 4 is 0 Å². The summed E-state index contributed by atoms with van der Waals surface area (Å²) in [7, 11) is 0. The van der Waals surface area contributed by atoms with Gasteiger partial charge in [0, 0.05) is 0 Å². The van der Waals surface area contributed by atoms with Crippen LogP contribution in [0.5, 0.6) is 0 Å². The van der Waals surface area contributed by atoms with Gasteiger partial charge in [-0.25, -0.2) is 0 Å². The zero-order chi connectivity index (χ0) is 13.8. The average molecular weight is 264 g/mol. The van der Waals surface area contributed by atoms with Gasteiger partial charge in [0.1, 0.15) is 0 Å². The Balaban J connectivity index is 1.75. The second-order valence-electron chi connectivity index (χ2n) is 6.12. The van der Waals surface area contributed by atoms with E-state index in [1.807, 2.05) is 0 Å². The van der Waals surface area contributed by atoms with Gasteiger partial charge in [0.25, 0.3) is 0 Å². The van der Waals surface area contributed by atoms with Crippen LogP contribution in [0.4, 0.5) is 0 Å². The molecule has 0 saturated heterocycles. The molecule has 0 amide bonds. The lowest BCUT2D eigenvalue weighted by molar-refractivity contribution is 0.348. The largest absolute Gasteiger partial charge is 0.0651 e. The van der Waals surface area contributed by atoms with Crippen LogP contribution in [0, 0.1) is 11.8 Å². The van der Waals surface area contributed by atoms with Crippen molar-refractivity contribution in [1.82, 2.24) is 0 Å². The molecule has 1 aliphatic carbocycles. The molecule has 1 saturated carbocycles. The molecule has 0 N–H and O–H groups in total. The van der Waals surface area contributed by atoms with Gasteiger partial charge in [0.05, 0.1) is 0 Å². The molecule has 0 heteroatoms. The van der Waals surface area contributed by atoms with E-state index < -0.39 is 0 Å². The van der Waals surface area contributed by atoms with E-state index in [1.165, 1.54) is 31.2 Å². The molecule has 2 aromatic rings. The highest BCUT2D eigenvalue weighted by Gasteiger charge is 2.35. The SMILES string of the molecule is CCC1C(Cc2ccccc2)CCC1c1ccccc1. The normalized spacial score (nSPS) is 25.8. The van der Waals surface area contributed by atoms with E-state index in [1.54, 1.807) is 5.56 Å². The molecule has 2 aromatic carbocycles. The van der Waals surface area contributed by atoms with Crippen LogP contribution in [0.15, 0.2) is 60.7 Å². The lowest BCUT2D eigenvalue weighted by Crippen LogP contribution is -2.15. The standard InChI is InChI=1S/C20H24/c1-2-19-18(15-16-9-5-3-6-10-16)13-14-20(19)17-11-7-4-8-12-17/h3-12,18-20H,2,13-15H2,1H3. The fourth-order valence-electron chi connectivity index (χ4n) is 4.05. The zero-order valence-corrected chi connectivity index (χ0v) is 12.3. The third-order valence-corrected chi connectivity index (χ3v) is 5.01. The minimum Gasteiger partial charge on any atom is -0.0651 e. The van der Waals surface area contributed by atoms with Gasteiger partial charge in [-0.05, 0) is 48.1 Å². The third-order valence-electron chi connectivity index (χ3n) is 5.01. The Kier molecular flexibility index (Phi) is 4.20. The monoisotopic (exact) mass is 264 g/mol. The van der Waals surface area contributed by atoms with Crippen LogP contribution < -0.4 is 0 Å². The van der Waals surface area contributed by atoms with E-state index in [4.69, 9.17) is 0 Å². The van der Waals surface area contributed by atoms with Crippen molar-refractivity contribution in [2.75, 3.05) is 0 Å². The summed E-state index contributed by atoms with van der Waals surface area (Å²) in [6, 6.07) is 22.1. The first-order valence-corrected chi connectivity index (χ1v) is 7.97. The van der Waals surface area contributed by atoms with Crippen molar-refractivity contribution in [3.63, 3.8) is 0 Å². The summed E-state index contributed by atoms with van der Waals surface area (Å²) in [5, 5.41) is 0. The fourth-order valence-corrected chi connectivity index (χ4v) is 4.05. The Labute approximate surface area is 122 Å². The predicted molar refractivity (Wildman–Crippen MR) is 85.8 cm³/mol. The minimum absolute atomic E-state index is 0.773. The van der Waals surface area contributed by atoms with Crippen LogP contribution in [-0.4, -0.2) is 0 Å². The van der Waals surface area contributed by atoms with Gasteiger partial charge >= 0.3 is 0 Å². The molecule has 3 atom stereocenters. The summed E-state index contributed by atoms with van der Waals surface area (Å²) < 4.78 is 0. The van der Waals surface area contributed by atoms with E-state index in [9.17, 15) is 0 Å². The Morgan fingerprint density at radius 2 is 1.50 bits per heavy atom. The van der Waals surface area contributed by atoms with Crippen molar-refractivity contribution in [2.24, 2.45) is 11.8 Å². The predicted octanol–water partition coefficient (Wildman–Crippen LogP) is 5.45. The van der Waals surface area contributed by atoms with Crippen molar-refractivity contribution in [3.8, 4) is 0 Å². The van der Waals surface area contributed by atoms with Crippen molar-refractivity contribution < 1.29 is 0 Å². The van der Waals surface area contributed by atoms with E-state index in [2.05, 4.69) is 67.6 Å². The molecule has 1 aliphatic rings. The summed E-state index contributed by atoms with van der Waals surface area (Å²) in [6.45, 7) is 2.37. The molecule has 0 spiro atoms. The molecule has 0 heterocycles. The molecule has 104 valence electrons. The second kappa shape index (κ2) is 6.26. The molecule has 3 unspecified atom stereocenters. The summed E-state index contributed by atoms with van der Waals surface area (Å²) >= 11 is 0. The molecule has 0 nitrogen and oxygen atoms in total. The van der Waals surface area contributed by atoms with Crippen LogP contribution in [0.3, 0.4) is 0 Å². The highest BCUT2D eigenvalue weighted by molar-refractivity contribution is 5.23. The lowest BCUT2D eigenvalue weighted by Gasteiger charge is -2.24. The molecule has 1 fully saturated rings. The van der Waals surface area contributed by atoms with Crippen LogP contribution in [-0.2, 0) is 6.42 Å². The van der Waals surface area contributed by atoms with Crippen molar-refractivity contribution in [2.45, 2.75) is 38.5 Å². The number of hydrogen-bond donors (Lipinski definition) is 0. The van der Waals surface area contributed by atoms with Gasteiger partial charge in [0.2, 0.25) is 0 Å². The lowest BCUT2D eigenvalue weighted by atomic mass is 9.81. The van der Waals surface area contributed by atoms with E-state index in [-0.39, 0.29) is 0 Å². The van der Waals surface area contributed by atoms with E-state index in [0.29, 0.717) is 0 Å². The minimum atomic E-state index is 0.773. The Bertz CT molecular complexity index is 514. The van der Waals surface area contributed by atoms with E-state index in [0.717, 1.165) is 17.8 Å². The fraction of sp³-hybridized carbons (Fsp3) is 0.400. The van der Waals surface area contributed by atoms with Gasteiger partial charge in [-0.2, -0.15) is 0 Å². The summed E-state index contributed by atoms with van der Waals surface area (Å²) in [5.41, 5.74) is 3.06. The molecule has 20 heavy (non-hydrogen) atoms. The van der Waals surface area contributed by atoms with Crippen molar-refractivity contribution in [1.29, 1.82) is 0 Å². The third kappa shape index (κ3) is 2.80. The van der Waals surface area contributed by atoms with Gasteiger partial charge in [0.15, 0.2) is 0 Å². The quantitative estimate of drug-likeness (QED) is 0.689. The first-order chi connectivity index (χ1) is 9.88. The number of hydrogen-bond acceptors (Lipinski definition) is 0. The van der Waals surface area contributed by atoms with Gasteiger partial charge in [-0.3, -0.25) is 0 Å². The maximum atomic E-state index is 2.37. The van der Waals surface area contributed by atoms with Gasteiger partial charge < -0.3 is 0 Å². The molecular formula is C20H24. The maximum Gasteiger partial charge on any atom is -0.0131 e. The average Bonchev–Trinajstić information content (AvgIpc) is 2.92. The zero-order valence-electron chi connectivity index (χ0n) is 12.3. The van der Waals surface area contributed by atoms with E-state index >= 15 is 0 Å². The highest BCUT2D eigenvalue weighted by Crippen LogP contribution is 2.46. The molecule has 0 radical (unpaired) electrons. The Morgan fingerprint density at radius 3 is 2.15 bits per heavy atom. The van der Waals surface area contributed by atoms with Crippen LogP contribution >= 0.6 is 0 Å². The molecule has 0 aromatic heterocycles. The maximum absolute atomic E-state index is 2.37. The number of rotatable bonds is 4. The second-order valence-corrected chi connectivity index (χ2v) is 6.12. The first kappa shape index (κ1) is 13.4. The number of benzene rings is 2. The van der Waals surface area contributed by atoms with Crippen LogP contribution in [0.1, 0.15) is 43.2 Å². The molecular weight excluding hydrogens is 240 g/mol. The van der Waals surface area contributed by atoms with Crippen molar-refractivity contribution in [3.05, 3.63) is 71.8 Å². The topological polar surface area (TPSA) is 0 Å². The molecule has 3 rings (SSSR count). The molecule has 0 bridgehead atoms. The smallest absolute Gasteiger partial charge is 0.0131 e. The Morgan fingerprint density at radius 1 is 0.850 bits per heavy atom. The summed E-state index contributed by atoms with van der Waals surface area (Å²) in [6.07, 6.45) is 5.30. The first-order valence-electron chi connectivity index (χ1n) is 7.97. The molecule has 0 aliphatic heterocycles. The van der Waals surface area contributed by atoms with Crippen LogP contribution in [0.25, 0.3) is 0 Å². The summed E-state index contributed by atoms with van der Waals surface area (Å²) in [4.78, 5) is 0. The summed E-state index contributed by atoms with van der Waals surface area (Å²) in [5.74, 6) is 2.47. The highest BCUT2D eigenvalue weighted by atomic mass is 14.4. The Hall–Kier alpha value is -1.56.